The van der Waals surface area contributed by atoms with E-state index in [1.54, 1.807) is 24.7 Å². The summed E-state index contributed by atoms with van der Waals surface area (Å²) in [7, 11) is 1.69. The molecule has 0 atom stereocenters. The summed E-state index contributed by atoms with van der Waals surface area (Å²) in [6.07, 6.45) is -4.49. The minimum absolute atomic E-state index is 0.0102. The van der Waals surface area contributed by atoms with Crippen molar-refractivity contribution in [3.8, 4) is 0 Å². The normalized spacial score (nSPS) is 11.7. The summed E-state index contributed by atoms with van der Waals surface area (Å²) in [6.45, 7) is 1.79. The van der Waals surface area contributed by atoms with E-state index in [1.807, 2.05) is 0 Å². The molecule has 112 valence electrons. The molecule has 1 aromatic carbocycles. The van der Waals surface area contributed by atoms with E-state index in [1.165, 1.54) is 12.1 Å². The molecule has 0 aliphatic heterocycles. The molecule has 0 unspecified atom stereocenters. The summed E-state index contributed by atoms with van der Waals surface area (Å²) in [6, 6.07) is 5.23. The molecule has 2 rings (SSSR count). The van der Waals surface area contributed by atoms with Crippen LogP contribution >= 0.6 is 15.9 Å². The number of rotatable bonds is 3. The number of carbonyl (C=O) groups is 1. The Morgan fingerprint density at radius 3 is 2.52 bits per heavy atom. The van der Waals surface area contributed by atoms with Crippen molar-refractivity contribution in [3.05, 3.63) is 51.3 Å². The number of aryl methyl sites for hydroxylation is 2. The predicted molar refractivity (Wildman–Crippen MR) is 75.1 cm³/mol. The molecule has 0 aliphatic carbocycles. The maximum atomic E-state index is 12.8. The van der Waals surface area contributed by atoms with Crippen molar-refractivity contribution in [3.63, 3.8) is 0 Å². The maximum absolute atomic E-state index is 12.8. The van der Waals surface area contributed by atoms with Crippen molar-refractivity contribution in [2.75, 3.05) is 0 Å². The van der Waals surface area contributed by atoms with E-state index in [2.05, 4.69) is 21.0 Å². The lowest BCUT2D eigenvalue weighted by atomic mass is 10.0. The highest BCUT2D eigenvalue weighted by Crippen LogP contribution is 2.35. The fraction of sp³-hybridized carbons (Fsp3) is 0.286. The maximum Gasteiger partial charge on any atom is 0.417 e. The summed E-state index contributed by atoms with van der Waals surface area (Å²) >= 11 is 2.85. The van der Waals surface area contributed by atoms with Gasteiger partial charge in [0.15, 0.2) is 5.78 Å². The second-order valence-electron chi connectivity index (χ2n) is 4.69. The molecular weight excluding hydrogens is 349 g/mol. The van der Waals surface area contributed by atoms with E-state index >= 15 is 0 Å². The second kappa shape index (κ2) is 5.63. The van der Waals surface area contributed by atoms with E-state index in [4.69, 9.17) is 0 Å². The van der Waals surface area contributed by atoms with Crippen LogP contribution in [0.15, 0.2) is 28.7 Å². The Hall–Kier alpha value is -1.63. The van der Waals surface area contributed by atoms with Gasteiger partial charge in [-0.2, -0.15) is 18.3 Å². The van der Waals surface area contributed by atoms with Crippen molar-refractivity contribution in [1.29, 1.82) is 0 Å². The van der Waals surface area contributed by atoms with E-state index < -0.39 is 11.7 Å². The Bertz CT molecular complexity index is 692. The van der Waals surface area contributed by atoms with Gasteiger partial charge in [-0.25, -0.2) is 0 Å². The Morgan fingerprint density at radius 2 is 2.00 bits per heavy atom. The summed E-state index contributed by atoms with van der Waals surface area (Å²) in [5.74, 6) is -0.379. The third-order valence-electron chi connectivity index (χ3n) is 3.03. The summed E-state index contributed by atoms with van der Waals surface area (Å²) in [5, 5.41) is 4.11. The van der Waals surface area contributed by atoms with Crippen LogP contribution in [-0.2, 0) is 19.6 Å². The van der Waals surface area contributed by atoms with Gasteiger partial charge in [0.2, 0.25) is 0 Å². The van der Waals surface area contributed by atoms with Gasteiger partial charge in [-0.1, -0.05) is 22.0 Å². The van der Waals surface area contributed by atoms with Crippen LogP contribution in [-0.4, -0.2) is 15.6 Å². The number of carbonyl (C=O) groups excluding carboxylic acids is 1. The number of benzene rings is 1. The van der Waals surface area contributed by atoms with E-state index in [9.17, 15) is 18.0 Å². The number of hydrogen-bond acceptors (Lipinski definition) is 2. The quantitative estimate of drug-likeness (QED) is 0.777. The lowest BCUT2D eigenvalue weighted by Crippen LogP contribution is -2.11. The molecule has 0 amide bonds. The average molecular weight is 361 g/mol. The number of aromatic nitrogens is 2. The van der Waals surface area contributed by atoms with Crippen molar-refractivity contribution in [2.24, 2.45) is 7.05 Å². The largest absolute Gasteiger partial charge is 0.417 e. The molecule has 21 heavy (non-hydrogen) atoms. The lowest BCUT2D eigenvalue weighted by molar-refractivity contribution is -0.138. The van der Waals surface area contributed by atoms with Crippen molar-refractivity contribution in [1.82, 2.24) is 9.78 Å². The summed E-state index contributed by atoms with van der Waals surface area (Å²) in [4.78, 5) is 12.1. The third kappa shape index (κ3) is 3.53. The van der Waals surface area contributed by atoms with Gasteiger partial charge in [0.05, 0.1) is 17.7 Å². The first-order valence-corrected chi connectivity index (χ1v) is 6.87. The summed E-state index contributed by atoms with van der Waals surface area (Å²) in [5.41, 5.74) is 0.597. The van der Waals surface area contributed by atoms with Gasteiger partial charge in [0.25, 0.3) is 0 Å². The first kappa shape index (κ1) is 15.8. The van der Waals surface area contributed by atoms with Crippen LogP contribution in [0.1, 0.15) is 27.3 Å². The number of halogens is 4. The predicted octanol–water partition coefficient (Wildman–Crippen LogP) is 3.94. The van der Waals surface area contributed by atoms with Crippen molar-refractivity contribution in [2.45, 2.75) is 19.5 Å². The molecule has 0 saturated heterocycles. The van der Waals surface area contributed by atoms with Crippen LogP contribution in [0, 0.1) is 6.92 Å². The average Bonchev–Trinajstić information content (AvgIpc) is 2.66. The van der Waals surface area contributed by atoms with Gasteiger partial charge in [-0.3, -0.25) is 9.48 Å². The molecule has 7 heteroatoms. The van der Waals surface area contributed by atoms with Gasteiger partial charge in [0, 0.05) is 22.8 Å². The zero-order valence-electron chi connectivity index (χ0n) is 11.3. The van der Waals surface area contributed by atoms with E-state index in [0.29, 0.717) is 5.69 Å². The SMILES string of the molecule is Cc1cc(CC(=O)c2ccc(Br)c(C(F)(F)F)c2)n(C)n1. The topological polar surface area (TPSA) is 34.9 Å². The molecule has 0 saturated carbocycles. The van der Waals surface area contributed by atoms with Crippen LogP contribution in [0.5, 0.6) is 0 Å². The molecule has 0 N–H and O–H groups in total. The first-order valence-electron chi connectivity index (χ1n) is 6.08. The monoisotopic (exact) mass is 360 g/mol. The molecule has 1 aromatic heterocycles. The molecule has 0 aliphatic rings. The van der Waals surface area contributed by atoms with Crippen LogP contribution in [0.4, 0.5) is 13.2 Å². The van der Waals surface area contributed by atoms with Crippen LogP contribution in [0.25, 0.3) is 0 Å². The lowest BCUT2D eigenvalue weighted by Gasteiger charge is -2.10. The molecule has 1 heterocycles. The van der Waals surface area contributed by atoms with Crippen molar-refractivity contribution >= 4 is 21.7 Å². The number of ketones is 1. The van der Waals surface area contributed by atoms with Gasteiger partial charge in [0.1, 0.15) is 0 Å². The fourth-order valence-electron chi connectivity index (χ4n) is 2.01. The molecule has 0 spiro atoms. The number of Topliss-reactive ketones (excluding diaryl/α,β-unsaturated/α-hetero) is 1. The van der Waals surface area contributed by atoms with Gasteiger partial charge < -0.3 is 0 Å². The van der Waals surface area contributed by atoms with Crippen molar-refractivity contribution < 1.29 is 18.0 Å². The highest BCUT2D eigenvalue weighted by molar-refractivity contribution is 9.10. The molecule has 0 radical (unpaired) electrons. The number of nitrogens with zero attached hydrogens (tertiary/aromatic N) is 2. The molecule has 0 fully saturated rings. The number of alkyl halides is 3. The smallest absolute Gasteiger partial charge is 0.294 e. The summed E-state index contributed by atoms with van der Waals surface area (Å²) < 4.78 is 40.0. The Morgan fingerprint density at radius 1 is 1.33 bits per heavy atom. The first-order chi connectivity index (χ1) is 9.68. The zero-order chi connectivity index (χ0) is 15.8. The third-order valence-corrected chi connectivity index (χ3v) is 3.73. The highest BCUT2D eigenvalue weighted by Gasteiger charge is 2.33. The van der Waals surface area contributed by atoms with Crippen LogP contribution < -0.4 is 0 Å². The minimum atomic E-state index is -4.50. The standard InChI is InChI=1S/C14H12BrF3N2O/c1-8-5-10(20(2)19-8)7-13(21)9-3-4-12(15)11(6-9)14(16,17)18/h3-6H,7H2,1-2H3. The minimum Gasteiger partial charge on any atom is -0.294 e. The number of hydrogen-bond donors (Lipinski definition) is 0. The van der Waals surface area contributed by atoms with Crippen LogP contribution in [0.2, 0.25) is 0 Å². The zero-order valence-corrected chi connectivity index (χ0v) is 12.9. The van der Waals surface area contributed by atoms with E-state index in [-0.39, 0.29) is 22.2 Å². The highest BCUT2D eigenvalue weighted by atomic mass is 79.9. The van der Waals surface area contributed by atoms with Gasteiger partial charge in [-0.15, -0.1) is 0 Å². The Balaban J connectivity index is 2.30. The Kier molecular flexibility index (Phi) is 4.22. The molecule has 0 bridgehead atoms. The molecule has 3 nitrogen and oxygen atoms in total. The van der Waals surface area contributed by atoms with Gasteiger partial charge >= 0.3 is 6.18 Å². The van der Waals surface area contributed by atoms with E-state index in [0.717, 1.165) is 11.8 Å². The van der Waals surface area contributed by atoms with Crippen LogP contribution in [0.3, 0.4) is 0 Å². The second-order valence-corrected chi connectivity index (χ2v) is 5.55. The van der Waals surface area contributed by atoms with Gasteiger partial charge in [-0.05, 0) is 25.1 Å². The molecular formula is C14H12BrF3N2O. The fourth-order valence-corrected chi connectivity index (χ4v) is 2.48. The Labute approximate surface area is 127 Å². The molecule has 2 aromatic rings.